The quantitative estimate of drug-likeness (QED) is 0.870. The molecule has 22 heavy (non-hydrogen) atoms. The molecule has 1 heterocycles. The number of carbonyl (C=O) groups is 1. The van der Waals surface area contributed by atoms with E-state index in [1.54, 1.807) is 6.07 Å². The number of fused-ring (bicyclic) bond motifs is 1. The van der Waals surface area contributed by atoms with E-state index in [1.807, 2.05) is 18.2 Å². The maximum Gasteiger partial charge on any atom is 0.338 e. The fraction of sp³-hybridized carbons (Fsp3) is 0.412. The fourth-order valence-electron chi connectivity index (χ4n) is 3.11. The van der Waals surface area contributed by atoms with E-state index in [9.17, 15) is 14.7 Å². The second-order valence-corrected chi connectivity index (χ2v) is 5.89. The van der Waals surface area contributed by atoms with Crippen LogP contribution in [0.15, 0.2) is 39.5 Å². The monoisotopic (exact) mass is 300 g/mol. The summed E-state index contributed by atoms with van der Waals surface area (Å²) in [5.74, 6) is -0.819. The van der Waals surface area contributed by atoms with E-state index in [-0.39, 0.29) is 11.5 Å². The predicted octanol–water partition coefficient (Wildman–Crippen LogP) is 1.76. The Kier molecular flexibility index (Phi) is 4.13. The molecule has 3 rings (SSSR count). The number of hydrogen-bond donors (Lipinski definition) is 1. The number of anilines is 1. The molecule has 1 aliphatic carbocycles. The van der Waals surface area contributed by atoms with Crippen LogP contribution in [0.3, 0.4) is 0 Å². The zero-order valence-corrected chi connectivity index (χ0v) is 12.2. The molecule has 0 aliphatic heterocycles. The van der Waals surface area contributed by atoms with E-state index in [4.69, 9.17) is 4.42 Å². The van der Waals surface area contributed by atoms with Crippen molar-refractivity contribution in [2.24, 2.45) is 11.8 Å². The Morgan fingerprint density at radius 1 is 1.23 bits per heavy atom. The zero-order chi connectivity index (χ0) is 15.5. The normalized spacial score (nSPS) is 21.6. The highest BCUT2D eigenvalue weighted by Crippen LogP contribution is 2.29. The molecule has 0 unspecified atom stereocenters. The van der Waals surface area contributed by atoms with Crippen LogP contribution in [0.25, 0.3) is 11.0 Å². The average molecular weight is 300 g/mol. The Labute approximate surface area is 127 Å². The van der Waals surface area contributed by atoms with Crippen LogP contribution in [-0.4, -0.2) is 12.5 Å². The van der Waals surface area contributed by atoms with Gasteiger partial charge in [-0.1, -0.05) is 12.1 Å². The Bertz CT molecular complexity index is 729. The first-order chi connectivity index (χ1) is 10.6. The van der Waals surface area contributed by atoms with Crippen molar-refractivity contribution in [2.75, 3.05) is 11.9 Å². The van der Waals surface area contributed by atoms with Crippen molar-refractivity contribution in [3.63, 3.8) is 0 Å². The van der Waals surface area contributed by atoms with Crippen LogP contribution < -0.4 is 16.0 Å². The van der Waals surface area contributed by atoms with Gasteiger partial charge in [0.1, 0.15) is 5.58 Å². The van der Waals surface area contributed by atoms with Crippen LogP contribution in [0, 0.1) is 11.8 Å². The molecule has 1 saturated carbocycles. The van der Waals surface area contributed by atoms with E-state index in [1.165, 1.54) is 6.07 Å². The van der Waals surface area contributed by atoms with E-state index >= 15 is 0 Å². The first-order valence-electron chi connectivity index (χ1n) is 7.61. The van der Waals surface area contributed by atoms with Gasteiger partial charge in [0.05, 0.1) is 5.69 Å². The van der Waals surface area contributed by atoms with Crippen LogP contribution in [0.4, 0.5) is 5.69 Å². The standard InChI is InChI=1S/C17H19NO4/c19-16-9-14(13-3-1-2-4-15(13)22-16)18-10-11-5-7-12(8-6-11)17(20)21/h1-4,9,11-12,18H,5-8,10H2,(H,20,21)/p-1. The van der Waals surface area contributed by atoms with Crippen molar-refractivity contribution < 1.29 is 14.3 Å². The highest BCUT2D eigenvalue weighted by molar-refractivity contribution is 5.89. The van der Waals surface area contributed by atoms with Crippen molar-refractivity contribution in [1.29, 1.82) is 0 Å². The molecule has 0 atom stereocenters. The van der Waals surface area contributed by atoms with Crippen molar-refractivity contribution in [2.45, 2.75) is 25.7 Å². The number of rotatable bonds is 4. The molecular weight excluding hydrogens is 282 g/mol. The molecule has 1 N–H and O–H groups in total. The third kappa shape index (κ3) is 3.13. The van der Waals surface area contributed by atoms with Gasteiger partial charge in [-0.15, -0.1) is 0 Å². The molecule has 0 bridgehead atoms. The number of hydrogen-bond acceptors (Lipinski definition) is 5. The zero-order valence-electron chi connectivity index (χ0n) is 12.2. The SMILES string of the molecule is O=C([O-])C1CCC(CNc2cc(=O)oc3ccccc23)CC1. The number of carbonyl (C=O) groups excluding carboxylic acids is 1. The molecule has 5 heteroatoms. The fourth-order valence-corrected chi connectivity index (χ4v) is 3.11. The van der Waals surface area contributed by atoms with Crippen LogP contribution in [0.5, 0.6) is 0 Å². The highest BCUT2D eigenvalue weighted by atomic mass is 16.4. The van der Waals surface area contributed by atoms with E-state index in [0.29, 0.717) is 24.3 Å². The van der Waals surface area contributed by atoms with E-state index < -0.39 is 5.97 Å². The number of aliphatic carboxylic acids is 1. The highest BCUT2D eigenvalue weighted by Gasteiger charge is 2.21. The molecule has 0 radical (unpaired) electrons. The number of para-hydroxylation sites is 1. The predicted molar refractivity (Wildman–Crippen MR) is 81.4 cm³/mol. The number of benzene rings is 1. The summed E-state index contributed by atoms with van der Waals surface area (Å²) in [4.78, 5) is 22.4. The Hall–Kier alpha value is -2.30. The lowest BCUT2D eigenvalue weighted by molar-refractivity contribution is -0.312. The van der Waals surface area contributed by atoms with Gasteiger partial charge in [-0.2, -0.15) is 0 Å². The Morgan fingerprint density at radius 2 is 1.95 bits per heavy atom. The molecule has 1 fully saturated rings. The Morgan fingerprint density at radius 3 is 2.68 bits per heavy atom. The molecule has 2 aromatic rings. The molecule has 116 valence electrons. The summed E-state index contributed by atoms with van der Waals surface area (Å²) in [6, 6.07) is 8.88. The number of carboxylic acid groups (broad SMARTS) is 1. The van der Waals surface area contributed by atoms with Crippen molar-refractivity contribution in [1.82, 2.24) is 0 Å². The van der Waals surface area contributed by atoms with Crippen LogP contribution in [0.1, 0.15) is 25.7 Å². The minimum absolute atomic E-state index is 0.305. The van der Waals surface area contributed by atoms with Crippen molar-refractivity contribution in [3.8, 4) is 0 Å². The molecule has 0 saturated heterocycles. The van der Waals surface area contributed by atoms with Crippen LogP contribution >= 0.6 is 0 Å². The number of nitrogens with one attached hydrogen (secondary N) is 1. The minimum Gasteiger partial charge on any atom is -0.550 e. The summed E-state index contributed by atoms with van der Waals surface area (Å²) in [6.45, 7) is 0.729. The van der Waals surface area contributed by atoms with Gasteiger partial charge in [0.2, 0.25) is 0 Å². The van der Waals surface area contributed by atoms with Gasteiger partial charge in [0.15, 0.2) is 0 Å². The van der Waals surface area contributed by atoms with Crippen LogP contribution in [-0.2, 0) is 4.79 Å². The average Bonchev–Trinajstić information content (AvgIpc) is 2.52. The molecular formula is C17H18NO4-. The van der Waals surface area contributed by atoms with Gasteiger partial charge in [0, 0.05) is 24.0 Å². The summed E-state index contributed by atoms with van der Waals surface area (Å²) in [5, 5.41) is 15.1. The summed E-state index contributed by atoms with van der Waals surface area (Å²) >= 11 is 0. The van der Waals surface area contributed by atoms with Gasteiger partial charge >= 0.3 is 5.63 Å². The summed E-state index contributed by atoms with van der Waals surface area (Å²) in [5.41, 5.74) is 0.967. The molecule has 0 spiro atoms. The molecule has 5 nitrogen and oxygen atoms in total. The second kappa shape index (κ2) is 6.22. The minimum atomic E-state index is -0.932. The van der Waals surface area contributed by atoms with Crippen molar-refractivity contribution >= 4 is 22.6 Å². The lowest BCUT2D eigenvalue weighted by atomic mass is 9.82. The lowest BCUT2D eigenvalue weighted by Gasteiger charge is -2.29. The molecule has 1 aromatic carbocycles. The van der Waals surface area contributed by atoms with Gasteiger partial charge in [-0.25, -0.2) is 4.79 Å². The first-order valence-corrected chi connectivity index (χ1v) is 7.61. The van der Waals surface area contributed by atoms with Crippen molar-refractivity contribution in [3.05, 3.63) is 40.8 Å². The molecule has 1 aliphatic rings. The van der Waals surface area contributed by atoms with E-state index in [2.05, 4.69) is 5.32 Å². The van der Waals surface area contributed by atoms with Crippen LogP contribution in [0.2, 0.25) is 0 Å². The van der Waals surface area contributed by atoms with Gasteiger partial charge in [-0.3, -0.25) is 0 Å². The largest absolute Gasteiger partial charge is 0.550 e. The van der Waals surface area contributed by atoms with E-state index in [0.717, 1.165) is 30.5 Å². The number of carboxylic acids is 1. The third-order valence-corrected chi connectivity index (χ3v) is 4.41. The van der Waals surface area contributed by atoms with Gasteiger partial charge < -0.3 is 19.6 Å². The lowest BCUT2D eigenvalue weighted by Crippen LogP contribution is -2.34. The van der Waals surface area contributed by atoms with Gasteiger partial charge in [-0.05, 0) is 49.7 Å². The maximum atomic E-state index is 11.6. The third-order valence-electron chi connectivity index (χ3n) is 4.41. The molecule has 0 amide bonds. The first kappa shape index (κ1) is 14.6. The smallest absolute Gasteiger partial charge is 0.338 e. The van der Waals surface area contributed by atoms with Gasteiger partial charge in [0.25, 0.3) is 0 Å². The summed E-state index contributed by atoms with van der Waals surface area (Å²) in [6.07, 6.45) is 3.08. The Balaban J connectivity index is 1.67. The summed E-state index contributed by atoms with van der Waals surface area (Å²) < 4.78 is 5.17. The topological polar surface area (TPSA) is 82.4 Å². The maximum absolute atomic E-state index is 11.6. The summed E-state index contributed by atoms with van der Waals surface area (Å²) in [7, 11) is 0. The molecule has 1 aromatic heterocycles. The second-order valence-electron chi connectivity index (χ2n) is 5.89.